The molecule has 5 heteroatoms. The van der Waals surface area contributed by atoms with Gasteiger partial charge < -0.3 is 15.4 Å². The van der Waals surface area contributed by atoms with E-state index in [1.807, 2.05) is 6.92 Å². The van der Waals surface area contributed by atoms with Crippen LogP contribution in [0.25, 0.3) is 0 Å². The summed E-state index contributed by atoms with van der Waals surface area (Å²) in [6.07, 6.45) is 1.06. The number of halogens is 1. The maximum atomic E-state index is 13.5. The third-order valence-corrected chi connectivity index (χ3v) is 2.88. The molecule has 0 fully saturated rings. The minimum atomic E-state index is -0.420. The highest BCUT2D eigenvalue weighted by atomic mass is 19.1. The Kier molecular flexibility index (Phi) is 5.76. The van der Waals surface area contributed by atoms with Crippen molar-refractivity contribution in [3.8, 4) is 5.75 Å². The molecule has 1 atom stereocenters. The number of carbonyl (C=O) groups excluding carboxylic acids is 1. The smallest absolute Gasteiger partial charge is 0.222 e. The molecule has 1 amide bonds. The van der Waals surface area contributed by atoms with Crippen LogP contribution in [-0.2, 0) is 11.3 Å². The number of ether oxygens (including phenoxy) is 1. The van der Waals surface area contributed by atoms with Crippen LogP contribution in [0.2, 0.25) is 0 Å². The number of rotatable bonds is 6. The Morgan fingerprint density at radius 1 is 1.53 bits per heavy atom. The summed E-state index contributed by atoms with van der Waals surface area (Å²) in [7, 11) is 3.12. The van der Waals surface area contributed by atoms with Gasteiger partial charge in [-0.1, -0.05) is 6.07 Å². The standard InChI is InChI=1S/C14H21FN2O2/c1-10(16)4-7-14(18)17(2)9-11-5-6-13(19-3)12(15)8-11/h5-6,8,10H,4,7,9,16H2,1-3H3. The minimum Gasteiger partial charge on any atom is -0.494 e. The fraction of sp³-hybridized carbons (Fsp3) is 0.500. The Morgan fingerprint density at radius 2 is 2.21 bits per heavy atom. The summed E-state index contributed by atoms with van der Waals surface area (Å²) < 4.78 is 18.4. The van der Waals surface area contributed by atoms with E-state index in [0.29, 0.717) is 19.4 Å². The zero-order valence-corrected chi connectivity index (χ0v) is 11.6. The topological polar surface area (TPSA) is 55.6 Å². The van der Waals surface area contributed by atoms with Gasteiger partial charge in [-0.25, -0.2) is 4.39 Å². The van der Waals surface area contributed by atoms with Gasteiger partial charge in [-0.05, 0) is 31.0 Å². The zero-order valence-electron chi connectivity index (χ0n) is 11.6. The Morgan fingerprint density at radius 3 is 2.74 bits per heavy atom. The highest BCUT2D eigenvalue weighted by Crippen LogP contribution is 2.18. The first kappa shape index (κ1) is 15.4. The molecule has 106 valence electrons. The van der Waals surface area contributed by atoms with Crippen molar-refractivity contribution in [3.05, 3.63) is 29.6 Å². The van der Waals surface area contributed by atoms with Crippen LogP contribution < -0.4 is 10.5 Å². The van der Waals surface area contributed by atoms with Crippen molar-refractivity contribution in [1.82, 2.24) is 4.90 Å². The number of amides is 1. The van der Waals surface area contributed by atoms with Crippen molar-refractivity contribution in [2.24, 2.45) is 5.73 Å². The Bertz CT molecular complexity index is 435. The van der Waals surface area contributed by atoms with E-state index in [-0.39, 0.29) is 17.7 Å². The second kappa shape index (κ2) is 7.09. The molecular weight excluding hydrogens is 247 g/mol. The molecule has 0 bridgehead atoms. The van der Waals surface area contributed by atoms with Gasteiger partial charge in [0.25, 0.3) is 0 Å². The number of hydrogen-bond donors (Lipinski definition) is 1. The molecule has 0 radical (unpaired) electrons. The van der Waals surface area contributed by atoms with E-state index in [4.69, 9.17) is 10.5 Å². The third kappa shape index (κ3) is 4.87. The van der Waals surface area contributed by atoms with E-state index in [2.05, 4.69) is 0 Å². The van der Waals surface area contributed by atoms with Crippen LogP contribution in [0.15, 0.2) is 18.2 Å². The first-order valence-electron chi connectivity index (χ1n) is 6.26. The van der Waals surface area contributed by atoms with Gasteiger partial charge in [0.15, 0.2) is 11.6 Å². The molecule has 0 heterocycles. The fourth-order valence-electron chi connectivity index (χ4n) is 1.71. The Hall–Kier alpha value is -1.62. The van der Waals surface area contributed by atoms with Crippen LogP contribution in [0, 0.1) is 5.82 Å². The van der Waals surface area contributed by atoms with Crippen LogP contribution in [0.4, 0.5) is 4.39 Å². The van der Waals surface area contributed by atoms with Gasteiger partial charge in [0.05, 0.1) is 7.11 Å². The number of methoxy groups -OCH3 is 1. The molecule has 0 aliphatic rings. The Balaban J connectivity index is 2.58. The second-order valence-corrected chi connectivity index (χ2v) is 4.73. The predicted molar refractivity (Wildman–Crippen MR) is 72.3 cm³/mol. The lowest BCUT2D eigenvalue weighted by molar-refractivity contribution is -0.130. The first-order valence-corrected chi connectivity index (χ1v) is 6.26. The van der Waals surface area contributed by atoms with Gasteiger partial charge in [0.1, 0.15) is 0 Å². The molecule has 1 aromatic carbocycles. The molecular formula is C14H21FN2O2. The van der Waals surface area contributed by atoms with Crippen molar-refractivity contribution < 1.29 is 13.9 Å². The molecule has 0 aromatic heterocycles. The molecule has 2 N–H and O–H groups in total. The molecule has 19 heavy (non-hydrogen) atoms. The van der Waals surface area contributed by atoms with Crippen molar-refractivity contribution >= 4 is 5.91 Å². The summed E-state index contributed by atoms with van der Waals surface area (Å²) in [6.45, 7) is 2.24. The number of carbonyl (C=O) groups is 1. The largest absolute Gasteiger partial charge is 0.494 e. The van der Waals surface area contributed by atoms with E-state index in [0.717, 1.165) is 5.56 Å². The fourth-order valence-corrected chi connectivity index (χ4v) is 1.71. The summed E-state index contributed by atoms with van der Waals surface area (Å²) in [5, 5.41) is 0. The number of nitrogens with zero attached hydrogens (tertiary/aromatic N) is 1. The van der Waals surface area contributed by atoms with E-state index >= 15 is 0 Å². The van der Waals surface area contributed by atoms with Crippen molar-refractivity contribution in [2.45, 2.75) is 32.4 Å². The van der Waals surface area contributed by atoms with Crippen LogP contribution in [0.5, 0.6) is 5.75 Å². The average Bonchev–Trinajstić information content (AvgIpc) is 2.36. The summed E-state index contributed by atoms with van der Waals surface area (Å²) in [5.41, 5.74) is 6.34. The summed E-state index contributed by atoms with van der Waals surface area (Å²) in [5.74, 6) is -0.209. The molecule has 0 aliphatic heterocycles. The molecule has 4 nitrogen and oxygen atoms in total. The molecule has 1 rings (SSSR count). The molecule has 0 saturated carbocycles. The highest BCUT2D eigenvalue weighted by molar-refractivity contribution is 5.75. The van der Waals surface area contributed by atoms with Crippen LogP contribution in [0.3, 0.4) is 0 Å². The first-order chi connectivity index (χ1) is 8.93. The van der Waals surface area contributed by atoms with Crippen LogP contribution in [0.1, 0.15) is 25.3 Å². The van der Waals surface area contributed by atoms with E-state index in [9.17, 15) is 9.18 Å². The summed E-state index contributed by atoms with van der Waals surface area (Å²) in [6, 6.07) is 4.70. The van der Waals surface area contributed by atoms with E-state index < -0.39 is 5.82 Å². The quantitative estimate of drug-likeness (QED) is 0.857. The van der Waals surface area contributed by atoms with E-state index in [1.54, 1.807) is 24.1 Å². The zero-order chi connectivity index (χ0) is 14.4. The minimum absolute atomic E-state index is 0.00789. The van der Waals surface area contributed by atoms with Gasteiger partial charge in [0.2, 0.25) is 5.91 Å². The molecule has 0 spiro atoms. The number of benzene rings is 1. The SMILES string of the molecule is COc1ccc(CN(C)C(=O)CCC(C)N)cc1F. The van der Waals surface area contributed by atoms with Gasteiger partial charge in [-0.3, -0.25) is 4.79 Å². The lowest BCUT2D eigenvalue weighted by Crippen LogP contribution is -2.28. The predicted octanol–water partition coefficient (Wildman–Crippen LogP) is 1.92. The summed E-state index contributed by atoms with van der Waals surface area (Å²) in [4.78, 5) is 13.4. The van der Waals surface area contributed by atoms with Crippen LogP contribution in [-0.4, -0.2) is 31.0 Å². The van der Waals surface area contributed by atoms with Crippen molar-refractivity contribution in [2.75, 3.05) is 14.2 Å². The monoisotopic (exact) mass is 268 g/mol. The average molecular weight is 268 g/mol. The van der Waals surface area contributed by atoms with Crippen LogP contribution >= 0.6 is 0 Å². The van der Waals surface area contributed by atoms with Gasteiger partial charge in [-0.2, -0.15) is 0 Å². The lowest BCUT2D eigenvalue weighted by atomic mass is 10.1. The van der Waals surface area contributed by atoms with Crippen molar-refractivity contribution in [3.63, 3.8) is 0 Å². The number of nitrogens with two attached hydrogens (primary N) is 1. The highest BCUT2D eigenvalue weighted by Gasteiger charge is 2.11. The summed E-state index contributed by atoms with van der Waals surface area (Å²) >= 11 is 0. The van der Waals surface area contributed by atoms with Gasteiger partial charge >= 0.3 is 0 Å². The Labute approximate surface area is 113 Å². The second-order valence-electron chi connectivity index (χ2n) is 4.73. The molecule has 1 unspecified atom stereocenters. The van der Waals surface area contributed by atoms with Gasteiger partial charge in [-0.15, -0.1) is 0 Å². The maximum Gasteiger partial charge on any atom is 0.222 e. The molecule has 0 aliphatic carbocycles. The van der Waals surface area contributed by atoms with Crippen molar-refractivity contribution in [1.29, 1.82) is 0 Å². The molecule has 1 aromatic rings. The number of hydrogen-bond acceptors (Lipinski definition) is 3. The normalized spacial score (nSPS) is 12.1. The third-order valence-electron chi connectivity index (χ3n) is 2.88. The van der Waals surface area contributed by atoms with E-state index in [1.165, 1.54) is 13.2 Å². The van der Waals surface area contributed by atoms with Gasteiger partial charge in [0, 0.05) is 26.1 Å². The molecule has 0 saturated heterocycles. The lowest BCUT2D eigenvalue weighted by Gasteiger charge is -2.18. The maximum absolute atomic E-state index is 13.5.